The van der Waals surface area contributed by atoms with Gasteiger partial charge in [0, 0.05) is 11.2 Å². The lowest BCUT2D eigenvalue weighted by Gasteiger charge is -2.22. The quantitative estimate of drug-likeness (QED) is 0.659. The molecular formula is C15H26OS. The third kappa shape index (κ3) is 5.76. The van der Waals surface area contributed by atoms with E-state index in [1.807, 2.05) is 17.8 Å². The summed E-state index contributed by atoms with van der Waals surface area (Å²) in [5, 5.41) is 0. The van der Waals surface area contributed by atoms with Gasteiger partial charge < -0.3 is 0 Å². The molecule has 17 heavy (non-hydrogen) atoms. The topological polar surface area (TPSA) is 17.1 Å². The van der Waals surface area contributed by atoms with E-state index in [0.717, 1.165) is 25.2 Å². The van der Waals surface area contributed by atoms with Crippen LogP contribution in [0.1, 0.15) is 59.3 Å². The minimum absolute atomic E-state index is 0.329. The Hall–Kier alpha value is -0.240. The van der Waals surface area contributed by atoms with Gasteiger partial charge in [0.05, 0.1) is 0 Å². The van der Waals surface area contributed by atoms with Crippen LogP contribution < -0.4 is 0 Å². The van der Waals surface area contributed by atoms with Crippen molar-refractivity contribution in [1.29, 1.82) is 0 Å². The third-order valence-corrected chi connectivity index (χ3v) is 5.01. The molecule has 98 valence electrons. The maximum atomic E-state index is 11.1. The van der Waals surface area contributed by atoms with E-state index in [2.05, 4.69) is 27.0 Å². The Kier molecular flexibility index (Phi) is 5.78. The average Bonchev–Trinajstić information content (AvgIpc) is 2.63. The molecule has 1 atom stereocenters. The van der Waals surface area contributed by atoms with Gasteiger partial charge in [0.15, 0.2) is 5.78 Å². The Morgan fingerprint density at radius 3 is 2.65 bits per heavy atom. The van der Waals surface area contributed by atoms with Gasteiger partial charge in [-0.2, -0.15) is 11.8 Å². The fraction of sp³-hybridized carbons (Fsp3) is 0.800. The summed E-state index contributed by atoms with van der Waals surface area (Å²) in [4.78, 5) is 11.1. The molecule has 0 aliphatic heterocycles. The van der Waals surface area contributed by atoms with Gasteiger partial charge in [0.2, 0.25) is 0 Å². The van der Waals surface area contributed by atoms with Gasteiger partial charge >= 0.3 is 0 Å². The van der Waals surface area contributed by atoms with Gasteiger partial charge in [-0.15, -0.1) is 0 Å². The largest absolute Gasteiger partial charge is 0.295 e. The zero-order valence-corrected chi connectivity index (χ0v) is 12.5. The SMILES string of the molecule is CSC(C)(C)CCCC(C)CC1=CC(=O)CC1. The molecule has 0 aromatic heterocycles. The lowest BCUT2D eigenvalue weighted by Crippen LogP contribution is -2.13. The number of rotatable bonds is 7. The first-order valence-corrected chi connectivity index (χ1v) is 7.93. The normalized spacial score (nSPS) is 18.4. The van der Waals surface area contributed by atoms with Crippen molar-refractivity contribution in [3.63, 3.8) is 0 Å². The van der Waals surface area contributed by atoms with Crippen LogP contribution in [0.2, 0.25) is 0 Å². The zero-order chi connectivity index (χ0) is 12.9. The second-order valence-corrected chi connectivity index (χ2v) is 7.45. The average molecular weight is 254 g/mol. The molecule has 0 N–H and O–H groups in total. The number of carbonyl (C=O) groups is 1. The van der Waals surface area contributed by atoms with Crippen LogP contribution in [0.5, 0.6) is 0 Å². The van der Waals surface area contributed by atoms with Crippen LogP contribution in [0.4, 0.5) is 0 Å². The second-order valence-electron chi connectivity index (χ2n) is 5.93. The number of ketones is 1. The number of allylic oxidation sites excluding steroid dienone is 2. The van der Waals surface area contributed by atoms with Gasteiger partial charge in [-0.05, 0) is 37.5 Å². The molecule has 1 aliphatic carbocycles. The van der Waals surface area contributed by atoms with Crippen molar-refractivity contribution in [2.45, 2.75) is 64.0 Å². The van der Waals surface area contributed by atoms with Crippen molar-refractivity contribution >= 4 is 17.5 Å². The Labute approximate surface area is 110 Å². The summed E-state index contributed by atoms with van der Waals surface area (Å²) >= 11 is 1.96. The number of thioether (sulfide) groups is 1. The summed E-state index contributed by atoms with van der Waals surface area (Å²) in [5.74, 6) is 1.06. The van der Waals surface area contributed by atoms with E-state index in [0.29, 0.717) is 10.5 Å². The zero-order valence-electron chi connectivity index (χ0n) is 11.7. The summed E-state index contributed by atoms with van der Waals surface area (Å²) < 4.78 is 0.419. The van der Waals surface area contributed by atoms with Crippen molar-refractivity contribution in [2.24, 2.45) is 5.92 Å². The lowest BCUT2D eigenvalue weighted by atomic mass is 9.93. The first-order chi connectivity index (χ1) is 7.93. The molecule has 0 saturated carbocycles. The van der Waals surface area contributed by atoms with Crippen molar-refractivity contribution in [1.82, 2.24) is 0 Å². The van der Waals surface area contributed by atoms with Crippen molar-refractivity contribution in [3.05, 3.63) is 11.6 Å². The Morgan fingerprint density at radius 1 is 1.41 bits per heavy atom. The van der Waals surface area contributed by atoms with Crippen molar-refractivity contribution < 1.29 is 4.79 Å². The Morgan fingerprint density at radius 2 is 2.12 bits per heavy atom. The van der Waals surface area contributed by atoms with Gasteiger partial charge in [0.25, 0.3) is 0 Å². The smallest absolute Gasteiger partial charge is 0.155 e. The van der Waals surface area contributed by atoms with Crippen LogP contribution in [0.15, 0.2) is 11.6 Å². The van der Waals surface area contributed by atoms with E-state index < -0.39 is 0 Å². The molecule has 1 aliphatic rings. The summed E-state index contributed by atoms with van der Waals surface area (Å²) in [7, 11) is 0. The fourth-order valence-electron chi connectivity index (χ4n) is 2.34. The summed E-state index contributed by atoms with van der Waals surface area (Å²) in [6.45, 7) is 6.96. The molecular weight excluding hydrogens is 228 g/mol. The molecule has 1 unspecified atom stereocenters. The predicted octanol–water partition coefficient (Wildman–Crippen LogP) is 4.61. The van der Waals surface area contributed by atoms with E-state index in [1.165, 1.54) is 24.8 Å². The molecule has 1 nitrogen and oxygen atoms in total. The first kappa shape index (κ1) is 14.8. The van der Waals surface area contributed by atoms with Crippen molar-refractivity contribution in [2.75, 3.05) is 6.26 Å². The van der Waals surface area contributed by atoms with E-state index in [-0.39, 0.29) is 0 Å². The number of carbonyl (C=O) groups excluding carboxylic acids is 1. The van der Waals surface area contributed by atoms with Gasteiger partial charge in [-0.1, -0.05) is 39.2 Å². The van der Waals surface area contributed by atoms with E-state index >= 15 is 0 Å². The van der Waals surface area contributed by atoms with Crippen LogP contribution in [-0.2, 0) is 4.79 Å². The predicted molar refractivity (Wildman–Crippen MR) is 77.6 cm³/mol. The molecule has 0 radical (unpaired) electrons. The van der Waals surface area contributed by atoms with E-state index in [1.54, 1.807) is 0 Å². The van der Waals surface area contributed by atoms with E-state index in [4.69, 9.17) is 0 Å². The van der Waals surface area contributed by atoms with E-state index in [9.17, 15) is 4.79 Å². The maximum Gasteiger partial charge on any atom is 0.155 e. The van der Waals surface area contributed by atoms with Crippen molar-refractivity contribution in [3.8, 4) is 0 Å². The molecule has 1 rings (SSSR count). The lowest BCUT2D eigenvalue weighted by molar-refractivity contribution is -0.114. The van der Waals surface area contributed by atoms with Crippen LogP contribution >= 0.6 is 11.8 Å². The number of hydrogen-bond acceptors (Lipinski definition) is 2. The molecule has 0 spiro atoms. The Balaban J connectivity index is 2.20. The highest BCUT2D eigenvalue weighted by atomic mass is 32.2. The minimum Gasteiger partial charge on any atom is -0.295 e. The molecule has 0 fully saturated rings. The summed E-state index contributed by atoms with van der Waals surface area (Å²) in [6, 6.07) is 0. The Bertz CT molecular complexity index is 291. The van der Waals surface area contributed by atoms with Crippen LogP contribution in [0.3, 0.4) is 0 Å². The highest BCUT2D eigenvalue weighted by Crippen LogP contribution is 2.30. The molecule has 0 bridgehead atoms. The van der Waals surface area contributed by atoms with Gasteiger partial charge in [-0.25, -0.2) is 0 Å². The molecule has 2 heteroatoms. The molecule has 0 amide bonds. The monoisotopic (exact) mass is 254 g/mol. The van der Waals surface area contributed by atoms with Gasteiger partial charge in [-0.3, -0.25) is 4.79 Å². The highest BCUT2D eigenvalue weighted by Gasteiger charge is 2.17. The maximum absolute atomic E-state index is 11.1. The van der Waals surface area contributed by atoms with Gasteiger partial charge in [0.1, 0.15) is 0 Å². The summed E-state index contributed by atoms with van der Waals surface area (Å²) in [6.07, 6.45) is 10.8. The minimum atomic E-state index is 0.329. The molecule has 0 heterocycles. The molecule has 0 saturated heterocycles. The second kappa shape index (κ2) is 6.63. The number of hydrogen-bond donors (Lipinski definition) is 0. The summed E-state index contributed by atoms with van der Waals surface area (Å²) in [5.41, 5.74) is 1.38. The fourth-order valence-corrected chi connectivity index (χ4v) is 2.69. The van der Waals surface area contributed by atoms with Crippen LogP contribution in [0, 0.1) is 5.92 Å². The third-order valence-electron chi connectivity index (χ3n) is 3.70. The standard InChI is InChI=1S/C15H26OS/c1-12(6-5-9-15(2,3)17-4)10-13-7-8-14(16)11-13/h11-12H,5-10H2,1-4H3. The highest BCUT2D eigenvalue weighted by molar-refractivity contribution is 7.99. The van der Waals surface area contributed by atoms with Crippen LogP contribution in [0.25, 0.3) is 0 Å². The first-order valence-electron chi connectivity index (χ1n) is 6.70. The molecule has 0 aromatic rings. The molecule has 0 aromatic carbocycles. The van der Waals surface area contributed by atoms with Crippen LogP contribution in [-0.4, -0.2) is 16.8 Å².